The monoisotopic (exact) mass is 471 g/mol. The molecule has 3 aromatic rings. The number of nitrogens with zero attached hydrogens (tertiary/aromatic N) is 4. The first-order valence-corrected chi connectivity index (χ1v) is 12.7. The molecule has 0 saturated carbocycles. The summed E-state index contributed by atoms with van der Waals surface area (Å²) in [5, 5.41) is 14.7. The van der Waals surface area contributed by atoms with Crippen molar-refractivity contribution in [3.05, 3.63) is 59.8 Å². The average molecular weight is 472 g/mol. The van der Waals surface area contributed by atoms with Crippen LogP contribution in [0.15, 0.2) is 53.7 Å². The number of aromatic nitrogens is 1. The summed E-state index contributed by atoms with van der Waals surface area (Å²) in [7, 11) is 0. The highest BCUT2D eigenvalue weighted by Gasteiger charge is 2.32. The molecule has 6 rings (SSSR count). The van der Waals surface area contributed by atoms with E-state index in [1.54, 1.807) is 0 Å². The normalized spacial score (nSPS) is 23.1. The SMILES string of the molecule is Cc1ccc(N2CC(C)OC(C3=Nc4cccc(N5CCC(O)CC5)c4CN3)C2)c2cccnc12. The molecule has 2 aromatic carbocycles. The third kappa shape index (κ3) is 4.23. The van der Waals surface area contributed by atoms with Crippen molar-refractivity contribution in [1.29, 1.82) is 0 Å². The van der Waals surface area contributed by atoms with Crippen molar-refractivity contribution in [2.45, 2.75) is 51.5 Å². The van der Waals surface area contributed by atoms with E-state index in [4.69, 9.17) is 9.73 Å². The molecule has 0 aliphatic carbocycles. The minimum atomic E-state index is -0.177. The molecule has 7 heteroatoms. The number of aliphatic hydroxyl groups is 1. The van der Waals surface area contributed by atoms with Crippen LogP contribution in [0.4, 0.5) is 17.1 Å². The number of nitrogens with one attached hydrogen (secondary N) is 1. The highest BCUT2D eigenvalue weighted by molar-refractivity contribution is 5.95. The summed E-state index contributed by atoms with van der Waals surface area (Å²) in [4.78, 5) is 14.5. The van der Waals surface area contributed by atoms with Crippen molar-refractivity contribution < 1.29 is 9.84 Å². The second-order valence-corrected chi connectivity index (χ2v) is 9.99. The predicted molar refractivity (Wildman–Crippen MR) is 141 cm³/mol. The lowest BCUT2D eigenvalue weighted by Gasteiger charge is -2.40. The minimum Gasteiger partial charge on any atom is -0.393 e. The topological polar surface area (TPSA) is 73.2 Å². The number of aryl methyl sites for hydroxylation is 1. The van der Waals surface area contributed by atoms with E-state index in [1.807, 2.05) is 12.3 Å². The van der Waals surface area contributed by atoms with Crippen molar-refractivity contribution in [3.63, 3.8) is 0 Å². The quantitative estimate of drug-likeness (QED) is 0.603. The Kier molecular flexibility index (Phi) is 5.82. The van der Waals surface area contributed by atoms with E-state index in [9.17, 15) is 5.11 Å². The first-order valence-electron chi connectivity index (χ1n) is 12.7. The molecule has 0 spiro atoms. The van der Waals surface area contributed by atoms with Gasteiger partial charge in [0.25, 0.3) is 0 Å². The molecule has 0 radical (unpaired) electrons. The predicted octanol–water partition coefficient (Wildman–Crippen LogP) is 3.93. The molecule has 182 valence electrons. The zero-order valence-electron chi connectivity index (χ0n) is 20.4. The maximum atomic E-state index is 9.91. The number of aliphatic imine (C=N–C) groups is 1. The van der Waals surface area contributed by atoms with Gasteiger partial charge in [-0.05, 0) is 62.6 Å². The highest BCUT2D eigenvalue weighted by Crippen LogP contribution is 2.35. The number of hydrogen-bond acceptors (Lipinski definition) is 7. The van der Waals surface area contributed by atoms with Crippen LogP contribution in [0.25, 0.3) is 10.9 Å². The summed E-state index contributed by atoms with van der Waals surface area (Å²) in [6.07, 6.45) is 3.27. The molecule has 2 fully saturated rings. The van der Waals surface area contributed by atoms with Crippen molar-refractivity contribution in [3.8, 4) is 0 Å². The number of rotatable bonds is 3. The Morgan fingerprint density at radius 3 is 2.71 bits per heavy atom. The van der Waals surface area contributed by atoms with Crippen LogP contribution in [0.5, 0.6) is 0 Å². The standard InChI is InChI=1S/C28H33N5O2/c1-18-8-9-25(21-5-4-12-29-27(18)21)33-16-19(2)35-26(17-33)28-30-15-22-23(31-28)6-3-7-24(22)32-13-10-20(34)11-14-32/h3-9,12,19-20,26,34H,10-11,13-17H2,1-2H3,(H,30,31). The number of ether oxygens (including phenoxy) is 1. The summed E-state index contributed by atoms with van der Waals surface area (Å²) < 4.78 is 6.40. The maximum Gasteiger partial charge on any atom is 0.134 e. The Hall–Kier alpha value is -3.16. The summed E-state index contributed by atoms with van der Waals surface area (Å²) in [5.41, 5.74) is 6.91. The van der Waals surface area contributed by atoms with Gasteiger partial charge in [-0.25, -0.2) is 4.99 Å². The van der Waals surface area contributed by atoms with Gasteiger partial charge in [0.1, 0.15) is 11.9 Å². The van der Waals surface area contributed by atoms with Gasteiger partial charge in [-0.1, -0.05) is 12.1 Å². The summed E-state index contributed by atoms with van der Waals surface area (Å²) in [6.45, 7) is 8.31. The fraction of sp³-hybridized carbons (Fsp3) is 0.429. The largest absolute Gasteiger partial charge is 0.393 e. The van der Waals surface area contributed by atoms with Crippen molar-refractivity contribution in [1.82, 2.24) is 10.3 Å². The lowest BCUT2D eigenvalue weighted by atomic mass is 10.0. The van der Waals surface area contributed by atoms with Gasteiger partial charge in [0.15, 0.2) is 0 Å². The van der Waals surface area contributed by atoms with Gasteiger partial charge in [-0.3, -0.25) is 4.98 Å². The van der Waals surface area contributed by atoms with E-state index in [0.29, 0.717) is 0 Å². The number of aliphatic hydroxyl groups excluding tert-OH is 1. The molecular formula is C28H33N5O2. The Bertz CT molecular complexity index is 1270. The fourth-order valence-corrected chi connectivity index (χ4v) is 5.66. The summed E-state index contributed by atoms with van der Waals surface area (Å²) in [5.74, 6) is 0.898. The Labute approximate surface area is 206 Å². The third-order valence-corrected chi connectivity index (χ3v) is 7.47. The minimum absolute atomic E-state index is 0.0822. The number of morpholine rings is 1. The molecule has 35 heavy (non-hydrogen) atoms. The molecular weight excluding hydrogens is 438 g/mol. The zero-order valence-corrected chi connectivity index (χ0v) is 20.4. The number of anilines is 2. The zero-order chi connectivity index (χ0) is 23.9. The number of amidine groups is 1. The van der Waals surface area contributed by atoms with Crippen LogP contribution in [0, 0.1) is 6.92 Å². The Balaban J connectivity index is 1.28. The van der Waals surface area contributed by atoms with Crippen LogP contribution < -0.4 is 15.1 Å². The smallest absolute Gasteiger partial charge is 0.134 e. The molecule has 2 atom stereocenters. The highest BCUT2D eigenvalue weighted by atomic mass is 16.5. The Morgan fingerprint density at radius 2 is 1.86 bits per heavy atom. The van der Waals surface area contributed by atoms with Gasteiger partial charge in [-0.15, -0.1) is 0 Å². The molecule has 3 aliphatic rings. The molecule has 3 aliphatic heterocycles. The van der Waals surface area contributed by atoms with E-state index < -0.39 is 0 Å². The van der Waals surface area contributed by atoms with E-state index in [0.717, 1.165) is 62.6 Å². The van der Waals surface area contributed by atoms with Crippen molar-refractivity contribution in [2.24, 2.45) is 4.99 Å². The first kappa shape index (κ1) is 22.3. The molecule has 7 nitrogen and oxygen atoms in total. The number of benzene rings is 2. The molecule has 2 unspecified atom stereocenters. The van der Waals surface area contributed by atoms with Crippen molar-refractivity contribution >= 4 is 33.8 Å². The number of hydrogen-bond donors (Lipinski definition) is 2. The molecule has 4 heterocycles. The van der Waals surface area contributed by atoms with Crippen LogP contribution >= 0.6 is 0 Å². The Morgan fingerprint density at radius 1 is 1.00 bits per heavy atom. The summed E-state index contributed by atoms with van der Waals surface area (Å²) >= 11 is 0. The van der Waals surface area contributed by atoms with Crippen LogP contribution in [-0.2, 0) is 11.3 Å². The van der Waals surface area contributed by atoms with Crippen LogP contribution in [0.3, 0.4) is 0 Å². The summed E-state index contributed by atoms with van der Waals surface area (Å²) in [6, 6.07) is 14.9. The van der Waals surface area contributed by atoms with Gasteiger partial charge in [0.05, 0.1) is 30.0 Å². The van der Waals surface area contributed by atoms with Gasteiger partial charge in [0, 0.05) is 54.7 Å². The van der Waals surface area contributed by atoms with E-state index >= 15 is 0 Å². The average Bonchev–Trinajstić information content (AvgIpc) is 2.88. The van der Waals surface area contributed by atoms with E-state index in [1.165, 1.54) is 27.9 Å². The molecule has 1 aromatic heterocycles. The molecule has 2 N–H and O–H groups in total. The third-order valence-electron chi connectivity index (χ3n) is 7.47. The number of piperidine rings is 1. The van der Waals surface area contributed by atoms with Crippen LogP contribution in [0.2, 0.25) is 0 Å². The van der Waals surface area contributed by atoms with Crippen molar-refractivity contribution in [2.75, 3.05) is 36.0 Å². The lowest BCUT2D eigenvalue weighted by molar-refractivity contribution is 0.0188. The number of fused-ring (bicyclic) bond motifs is 2. The first-order chi connectivity index (χ1) is 17.1. The molecule has 0 amide bonds. The second-order valence-electron chi connectivity index (χ2n) is 9.99. The molecule has 2 saturated heterocycles. The fourth-order valence-electron chi connectivity index (χ4n) is 5.66. The van der Waals surface area contributed by atoms with Gasteiger partial charge >= 0.3 is 0 Å². The van der Waals surface area contributed by atoms with Gasteiger partial charge in [-0.2, -0.15) is 0 Å². The second kappa shape index (κ2) is 9.13. The molecule has 0 bridgehead atoms. The number of pyridine rings is 1. The van der Waals surface area contributed by atoms with E-state index in [-0.39, 0.29) is 18.3 Å². The van der Waals surface area contributed by atoms with Gasteiger partial charge in [0.2, 0.25) is 0 Å². The van der Waals surface area contributed by atoms with Crippen LogP contribution in [0.1, 0.15) is 30.9 Å². The van der Waals surface area contributed by atoms with E-state index in [2.05, 4.69) is 70.3 Å². The lowest BCUT2D eigenvalue weighted by Crippen LogP contribution is -2.53. The van der Waals surface area contributed by atoms with Crippen LogP contribution in [-0.4, -0.2) is 60.4 Å². The van der Waals surface area contributed by atoms with Gasteiger partial charge < -0.3 is 25.0 Å². The maximum absolute atomic E-state index is 9.91.